The number of rotatable bonds is 7. The quantitative estimate of drug-likeness (QED) is 0.682. The van der Waals surface area contributed by atoms with Crippen molar-refractivity contribution in [2.75, 3.05) is 27.9 Å². The first-order valence-corrected chi connectivity index (χ1v) is 9.38. The van der Waals surface area contributed by atoms with Crippen molar-refractivity contribution in [2.45, 2.75) is 49.5 Å². The minimum Gasteiger partial charge on any atom is -0.493 e. The summed E-state index contributed by atoms with van der Waals surface area (Å²) in [6.07, 6.45) is 4.32. The first-order chi connectivity index (χ1) is 13.0. The van der Waals surface area contributed by atoms with Gasteiger partial charge in [-0.1, -0.05) is 6.07 Å². The van der Waals surface area contributed by atoms with Crippen LogP contribution in [0.15, 0.2) is 18.2 Å². The minimum absolute atomic E-state index is 0.375. The fourth-order valence-corrected chi connectivity index (χ4v) is 3.80. The van der Waals surface area contributed by atoms with Crippen LogP contribution in [-0.4, -0.2) is 39.5 Å². The highest BCUT2D eigenvalue weighted by molar-refractivity contribution is 5.79. The smallest absolute Gasteiger partial charge is 0.338 e. The second-order valence-corrected chi connectivity index (χ2v) is 7.50. The molecular weight excluding hydrogens is 346 g/mol. The highest BCUT2D eigenvalue weighted by Crippen LogP contribution is 2.46. The Kier molecular flexibility index (Phi) is 5.61. The van der Waals surface area contributed by atoms with Gasteiger partial charge >= 0.3 is 5.97 Å². The van der Waals surface area contributed by atoms with Gasteiger partial charge in [0, 0.05) is 7.11 Å². The molecule has 1 aromatic rings. The van der Waals surface area contributed by atoms with E-state index in [1.807, 2.05) is 18.2 Å². The maximum absolute atomic E-state index is 12.2. The van der Waals surface area contributed by atoms with Crippen molar-refractivity contribution >= 4 is 5.97 Å². The van der Waals surface area contributed by atoms with Gasteiger partial charge in [0.1, 0.15) is 0 Å². The molecule has 0 atom stereocenters. The van der Waals surface area contributed by atoms with Gasteiger partial charge in [-0.3, -0.25) is 0 Å². The van der Waals surface area contributed by atoms with Crippen LogP contribution in [0.2, 0.25) is 0 Å². The van der Waals surface area contributed by atoms with Crippen LogP contribution < -0.4 is 9.47 Å². The van der Waals surface area contributed by atoms with Crippen molar-refractivity contribution in [2.24, 2.45) is 5.92 Å². The lowest BCUT2D eigenvalue weighted by Crippen LogP contribution is -2.48. The van der Waals surface area contributed by atoms with E-state index in [1.165, 1.54) is 27.1 Å². The number of nitriles is 1. The summed E-state index contributed by atoms with van der Waals surface area (Å²) in [6, 6.07) is 8.19. The molecule has 1 aromatic carbocycles. The molecule has 0 amide bonds. The Morgan fingerprint density at radius 3 is 2.37 bits per heavy atom. The van der Waals surface area contributed by atoms with E-state index >= 15 is 0 Å². The van der Waals surface area contributed by atoms with Gasteiger partial charge in [0.15, 0.2) is 17.1 Å². The van der Waals surface area contributed by atoms with Crippen LogP contribution in [0.5, 0.6) is 11.5 Å². The predicted octanol–water partition coefficient (Wildman–Crippen LogP) is 3.38. The second kappa shape index (κ2) is 7.77. The van der Waals surface area contributed by atoms with Crippen LogP contribution in [0.3, 0.4) is 0 Å². The Bertz CT molecular complexity index is 727. The lowest BCUT2D eigenvalue weighted by molar-refractivity contribution is -0.171. The molecule has 2 aliphatic rings. The van der Waals surface area contributed by atoms with Gasteiger partial charge in [0.25, 0.3) is 0 Å². The molecule has 0 bridgehead atoms. The van der Waals surface area contributed by atoms with Crippen molar-refractivity contribution < 1.29 is 23.7 Å². The molecule has 146 valence electrons. The van der Waals surface area contributed by atoms with Gasteiger partial charge in [-0.2, -0.15) is 5.26 Å². The van der Waals surface area contributed by atoms with Gasteiger partial charge in [0.05, 0.1) is 32.3 Å². The monoisotopic (exact) mass is 373 g/mol. The van der Waals surface area contributed by atoms with Crippen LogP contribution in [0, 0.1) is 17.2 Å². The molecule has 2 fully saturated rings. The molecule has 2 aliphatic carbocycles. The molecule has 0 spiro atoms. The molecule has 0 N–H and O–H groups in total. The van der Waals surface area contributed by atoms with Crippen molar-refractivity contribution in [1.29, 1.82) is 5.26 Å². The third kappa shape index (κ3) is 3.74. The highest BCUT2D eigenvalue weighted by Gasteiger charge is 2.49. The lowest BCUT2D eigenvalue weighted by Gasteiger charge is -2.40. The number of carbonyl (C=O) groups excluding carboxylic acids is 1. The van der Waals surface area contributed by atoms with Crippen LogP contribution >= 0.6 is 0 Å². The Morgan fingerprint density at radius 1 is 1.15 bits per heavy atom. The van der Waals surface area contributed by atoms with E-state index in [4.69, 9.17) is 18.9 Å². The summed E-state index contributed by atoms with van der Waals surface area (Å²) in [5.74, 6) is 1.59. The maximum atomic E-state index is 12.2. The number of nitrogens with zero attached hydrogens (tertiary/aromatic N) is 1. The molecule has 6 nitrogen and oxygen atoms in total. The Balaban J connectivity index is 1.84. The molecule has 0 unspecified atom stereocenters. The summed E-state index contributed by atoms with van der Waals surface area (Å²) >= 11 is 0. The summed E-state index contributed by atoms with van der Waals surface area (Å²) < 4.78 is 21.8. The van der Waals surface area contributed by atoms with Gasteiger partial charge in [0.2, 0.25) is 0 Å². The second-order valence-electron chi connectivity index (χ2n) is 7.50. The topological polar surface area (TPSA) is 77.8 Å². The van der Waals surface area contributed by atoms with Gasteiger partial charge in [-0.05, 0) is 62.1 Å². The van der Waals surface area contributed by atoms with Gasteiger partial charge in [-0.25, -0.2) is 4.79 Å². The van der Waals surface area contributed by atoms with Gasteiger partial charge < -0.3 is 18.9 Å². The van der Waals surface area contributed by atoms with Gasteiger partial charge in [-0.15, -0.1) is 0 Å². The average molecular weight is 373 g/mol. The van der Waals surface area contributed by atoms with E-state index in [2.05, 4.69) is 6.07 Å². The van der Waals surface area contributed by atoms with Crippen molar-refractivity contribution in [3.63, 3.8) is 0 Å². The molecular formula is C21H27NO5. The Morgan fingerprint density at radius 2 is 1.85 bits per heavy atom. The van der Waals surface area contributed by atoms with Crippen molar-refractivity contribution in [3.05, 3.63) is 23.8 Å². The van der Waals surface area contributed by atoms with E-state index in [1.54, 1.807) is 7.11 Å². The zero-order valence-corrected chi connectivity index (χ0v) is 16.2. The minimum atomic E-state index is -0.965. The number of hydrogen-bond donors (Lipinski definition) is 0. The summed E-state index contributed by atoms with van der Waals surface area (Å²) in [6.45, 7) is 0.675. The molecule has 0 heterocycles. The van der Waals surface area contributed by atoms with Crippen molar-refractivity contribution in [3.8, 4) is 17.6 Å². The van der Waals surface area contributed by atoms with E-state index in [9.17, 15) is 10.1 Å². The van der Waals surface area contributed by atoms with Crippen LogP contribution in [0.1, 0.15) is 44.1 Å². The fourth-order valence-electron chi connectivity index (χ4n) is 3.80. The first-order valence-electron chi connectivity index (χ1n) is 9.38. The Hall–Kier alpha value is -2.26. The lowest BCUT2D eigenvalue weighted by atomic mass is 9.66. The highest BCUT2D eigenvalue weighted by atomic mass is 16.6. The summed E-state index contributed by atoms with van der Waals surface area (Å²) in [4.78, 5) is 12.2. The first kappa shape index (κ1) is 19.5. The number of esters is 1. The van der Waals surface area contributed by atoms with Crippen LogP contribution in [0.25, 0.3) is 0 Å². The fraction of sp³-hybridized carbons (Fsp3) is 0.619. The maximum Gasteiger partial charge on any atom is 0.338 e. The SMILES string of the molecule is COc1ccc([C@]2(C#N)CC[C@](OC)(C(=O)OC)CC2)cc1OCC1CC1. The molecule has 0 aromatic heterocycles. The van der Waals surface area contributed by atoms with Crippen LogP contribution in [-0.2, 0) is 19.7 Å². The van der Waals surface area contributed by atoms with E-state index in [0.29, 0.717) is 49.7 Å². The summed E-state index contributed by atoms with van der Waals surface area (Å²) in [7, 11) is 4.50. The third-order valence-corrected chi connectivity index (χ3v) is 5.96. The van der Waals surface area contributed by atoms with E-state index in [0.717, 1.165) is 5.56 Å². The molecule has 6 heteroatoms. The zero-order valence-electron chi connectivity index (χ0n) is 16.2. The van der Waals surface area contributed by atoms with E-state index < -0.39 is 11.0 Å². The number of hydrogen-bond acceptors (Lipinski definition) is 6. The van der Waals surface area contributed by atoms with E-state index in [-0.39, 0.29) is 5.97 Å². The standard InChI is InChI=1S/C21H27NO5/c1-24-17-7-6-16(12-18(17)27-13-15-4-5-15)20(14-22)8-10-21(26-3,11-9-20)19(23)25-2/h6-7,12,15H,4-5,8-11,13H2,1-3H3/t20-,21-. The molecule has 3 rings (SSSR count). The molecule has 0 aliphatic heterocycles. The third-order valence-electron chi connectivity index (χ3n) is 5.96. The Labute approximate surface area is 160 Å². The molecule has 27 heavy (non-hydrogen) atoms. The average Bonchev–Trinajstić information content (AvgIpc) is 3.56. The molecule has 0 saturated heterocycles. The summed E-state index contributed by atoms with van der Waals surface area (Å²) in [5.41, 5.74) is -0.751. The van der Waals surface area contributed by atoms with Crippen LogP contribution in [0.4, 0.5) is 0 Å². The number of methoxy groups -OCH3 is 3. The van der Waals surface area contributed by atoms with Crippen molar-refractivity contribution in [1.82, 2.24) is 0 Å². The molecule has 2 saturated carbocycles. The summed E-state index contributed by atoms with van der Waals surface area (Å²) in [5, 5.41) is 10.0. The zero-order chi connectivity index (χ0) is 19.5. The number of ether oxygens (including phenoxy) is 4. The number of carbonyl (C=O) groups is 1. The normalized spacial score (nSPS) is 27.5. The molecule has 0 radical (unpaired) electrons. The largest absolute Gasteiger partial charge is 0.493 e. The number of benzene rings is 1. The predicted molar refractivity (Wildman–Crippen MR) is 98.7 cm³/mol.